The van der Waals surface area contributed by atoms with Gasteiger partial charge in [-0.05, 0) is 6.92 Å². The molecule has 4 N–H and O–H groups in total. The zero-order valence-corrected chi connectivity index (χ0v) is 6.02. The first-order valence-electron chi connectivity index (χ1n) is 3.24. The zero-order chi connectivity index (χ0) is 8.01. The van der Waals surface area contributed by atoms with Crippen LogP contribution in [0, 0.1) is 0 Å². The maximum atomic E-state index is 5.55. The Kier molecular flexibility index (Phi) is 0.957. The van der Waals surface area contributed by atoms with Crippen LogP contribution in [0.3, 0.4) is 0 Å². The van der Waals surface area contributed by atoms with Crippen LogP contribution in [0.4, 0.5) is 17.3 Å². The summed E-state index contributed by atoms with van der Waals surface area (Å²) in [4.78, 5) is 0. The van der Waals surface area contributed by atoms with Crippen molar-refractivity contribution in [2.24, 2.45) is 10.2 Å². The summed E-state index contributed by atoms with van der Waals surface area (Å²) in [6.45, 7) is 1.87. The number of azo groups is 1. The molecule has 2 heterocycles. The van der Waals surface area contributed by atoms with E-state index in [0.717, 1.165) is 0 Å². The van der Waals surface area contributed by atoms with Gasteiger partial charge in [-0.25, -0.2) is 4.68 Å². The van der Waals surface area contributed by atoms with Gasteiger partial charge >= 0.3 is 0 Å². The molecule has 0 radical (unpaired) electrons. The summed E-state index contributed by atoms with van der Waals surface area (Å²) in [5.74, 6) is 0.889. The van der Waals surface area contributed by atoms with Crippen molar-refractivity contribution >= 4 is 17.3 Å². The largest absolute Gasteiger partial charge is 0.393 e. The van der Waals surface area contributed by atoms with Crippen molar-refractivity contribution in [1.29, 1.82) is 0 Å². The number of nitrogen functional groups attached to an aromatic ring is 2. The molecule has 1 aliphatic heterocycles. The molecule has 1 aromatic rings. The fourth-order valence-corrected chi connectivity index (χ4v) is 1.00. The summed E-state index contributed by atoms with van der Waals surface area (Å²) in [5, 5.41) is 11.6. The van der Waals surface area contributed by atoms with E-state index >= 15 is 0 Å². The van der Waals surface area contributed by atoms with Gasteiger partial charge in [-0.1, -0.05) is 0 Å². The van der Waals surface area contributed by atoms with E-state index in [9.17, 15) is 0 Å². The Morgan fingerprint density at radius 2 is 2.18 bits per heavy atom. The maximum absolute atomic E-state index is 5.55. The Morgan fingerprint density at radius 3 is 2.82 bits per heavy atom. The van der Waals surface area contributed by atoms with E-state index in [2.05, 4.69) is 15.3 Å². The third kappa shape index (κ3) is 0.631. The van der Waals surface area contributed by atoms with Gasteiger partial charge in [0.2, 0.25) is 0 Å². The fraction of sp³-hybridized carbons (Fsp3) is 0.400. The Labute approximate surface area is 62.9 Å². The molecule has 58 valence electrons. The molecule has 0 amide bonds. The Morgan fingerprint density at radius 1 is 1.45 bits per heavy atom. The first-order chi connectivity index (χ1) is 5.20. The molecule has 2 rings (SSSR count). The van der Waals surface area contributed by atoms with E-state index in [1.807, 2.05) is 6.92 Å². The standard InChI is InChI=1S/C5H8N6/c1-2-8-9-5-3(6)4(7)10-11(2)5/h2H,6H2,1H3,(H2,7,10). The number of hydrogen-bond acceptors (Lipinski definition) is 5. The van der Waals surface area contributed by atoms with Crippen LogP contribution >= 0.6 is 0 Å². The number of fused-ring (bicyclic) bond motifs is 1. The average Bonchev–Trinajstić information content (AvgIpc) is 2.43. The van der Waals surface area contributed by atoms with Crippen molar-refractivity contribution in [2.75, 3.05) is 11.5 Å². The van der Waals surface area contributed by atoms with Gasteiger partial charge in [0, 0.05) is 0 Å². The molecular formula is C5H8N6. The van der Waals surface area contributed by atoms with E-state index < -0.39 is 0 Å². The highest BCUT2D eigenvalue weighted by Gasteiger charge is 2.21. The highest BCUT2D eigenvalue weighted by molar-refractivity contribution is 5.71. The molecule has 1 aromatic heterocycles. The predicted octanol–water partition coefficient (Wildman–Crippen LogP) is 0.663. The molecule has 0 saturated heterocycles. The van der Waals surface area contributed by atoms with Crippen LogP contribution in [0.1, 0.15) is 13.1 Å². The Balaban J connectivity index is 2.65. The number of hydrogen-bond donors (Lipinski definition) is 2. The second-order valence-corrected chi connectivity index (χ2v) is 2.41. The zero-order valence-electron chi connectivity index (χ0n) is 6.02. The lowest BCUT2D eigenvalue weighted by Crippen LogP contribution is -1.99. The van der Waals surface area contributed by atoms with Crippen molar-refractivity contribution < 1.29 is 0 Å². The van der Waals surface area contributed by atoms with Gasteiger partial charge in [-0.15, -0.1) is 10.2 Å². The summed E-state index contributed by atoms with van der Waals surface area (Å²) in [7, 11) is 0. The summed E-state index contributed by atoms with van der Waals surface area (Å²) < 4.78 is 1.60. The number of aromatic nitrogens is 2. The van der Waals surface area contributed by atoms with E-state index in [1.165, 1.54) is 0 Å². The van der Waals surface area contributed by atoms with Crippen LogP contribution in [-0.2, 0) is 0 Å². The second kappa shape index (κ2) is 1.71. The van der Waals surface area contributed by atoms with Gasteiger partial charge in [0.05, 0.1) is 0 Å². The van der Waals surface area contributed by atoms with Crippen molar-refractivity contribution in [2.45, 2.75) is 13.1 Å². The highest BCUT2D eigenvalue weighted by atomic mass is 15.5. The van der Waals surface area contributed by atoms with Crippen LogP contribution in [0.5, 0.6) is 0 Å². The minimum absolute atomic E-state index is 0.0791. The molecule has 6 heteroatoms. The van der Waals surface area contributed by atoms with Gasteiger partial charge in [0.1, 0.15) is 5.69 Å². The van der Waals surface area contributed by atoms with Gasteiger partial charge < -0.3 is 11.5 Å². The lowest BCUT2D eigenvalue weighted by molar-refractivity contribution is 0.540. The molecule has 0 bridgehead atoms. The maximum Gasteiger partial charge on any atom is 0.200 e. The van der Waals surface area contributed by atoms with Gasteiger partial charge in [0.25, 0.3) is 0 Å². The number of rotatable bonds is 0. The van der Waals surface area contributed by atoms with E-state index in [-0.39, 0.29) is 6.17 Å². The third-order valence-electron chi connectivity index (χ3n) is 1.62. The molecule has 0 aliphatic carbocycles. The SMILES string of the molecule is CC1N=Nc2c(N)c(N)nn21. The van der Waals surface area contributed by atoms with E-state index in [0.29, 0.717) is 17.3 Å². The van der Waals surface area contributed by atoms with Crippen LogP contribution in [0.2, 0.25) is 0 Å². The van der Waals surface area contributed by atoms with Crippen LogP contribution in [-0.4, -0.2) is 9.78 Å². The summed E-state index contributed by atoms with van der Waals surface area (Å²) >= 11 is 0. The van der Waals surface area contributed by atoms with Crippen LogP contribution in [0.25, 0.3) is 0 Å². The molecule has 1 aliphatic rings. The lowest BCUT2D eigenvalue weighted by Gasteiger charge is -1.96. The van der Waals surface area contributed by atoms with Gasteiger partial charge in [-0.2, -0.15) is 5.11 Å². The number of nitrogens with two attached hydrogens (primary N) is 2. The molecule has 11 heavy (non-hydrogen) atoms. The molecule has 0 spiro atoms. The average molecular weight is 152 g/mol. The van der Waals surface area contributed by atoms with Gasteiger partial charge in [0.15, 0.2) is 17.8 Å². The summed E-state index contributed by atoms with van der Waals surface area (Å²) in [5.41, 5.74) is 11.4. The normalized spacial score (nSPS) is 20.6. The quantitative estimate of drug-likeness (QED) is 0.571. The van der Waals surface area contributed by atoms with Crippen molar-refractivity contribution in [3.05, 3.63) is 0 Å². The van der Waals surface area contributed by atoms with Crippen molar-refractivity contribution in [3.8, 4) is 0 Å². The van der Waals surface area contributed by atoms with Crippen molar-refractivity contribution in [3.63, 3.8) is 0 Å². The first kappa shape index (κ1) is 6.14. The third-order valence-corrected chi connectivity index (χ3v) is 1.62. The fourth-order valence-electron chi connectivity index (χ4n) is 1.00. The lowest BCUT2D eigenvalue weighted by atomic mass is 10.5. The van der Waals surface area contributed by atoms with E-state index in [1.54, 1.807) is 4.68 Å². The van der Waals surface area contributed by atoms with Crippen LogP contribution in [0.15, 0.2) is 10.2 Å². The van der Waals surface area contributed by atoms with Crippen LogP contribution < -0.4 is 11.5 Å². The molecule has 0 fully saturated rings. The van der Waals surface area contributed by atoms with Crippen molar-refractivity contribution in [1.82, 2.24) is 9.78 Å². The minimum Gasteiger partial charge on any atom is -0.393 e. The second-order valence-electron chi connectivity index (χ2n) is 2.41. The predicted molar refractivity (Wildman–Crippen MR) is 40.3 cm³/mol. The van der Waals surface area contributed by atoms with E-state index in [4.69, 9.17) is 11.5 Å². The number of anilines is 2. The molecule has 0 aromatic carbocycles. The molecule has 6 nitrogen and oxygen atoms in total. The molecular weight excluding hydrogens is 144 g/mol. The highest BCUT2D eigenvalue weighted by Crippen LogP contribution is 2.35. The number of nitrogens with zero attached hydrogens (tertiary/aromatic N) is 4. The summed E-state index contributed by atoms with van der Waals surface area (Å²) in [6.07, 6.45) is -0.0791. The molecule has 1 unspecified atom stereocenters. The topological polar surface area (TPSA) is 94.6 Å². The summed E-state index contributed by atoms with van der Waals surface area (Å²) in [6, 6.07) is 0. The Bertz CT molecular complexity index is 324. The minimum atomic E-state index is -0.0791. The molecule has 0 saturated carbocycles. The smallest absolute Gasteiger partial charge is 0.200 e. The Hall–Kier alpha value is -1.59. The first-order valence-corrected chi connectivity index (χ1v) is 3.24. The molecule has 1 atom stereocenters. The van der Waals surface area contributed by atoms with Gasteiger partial charge in [-0.3, -0.25) is 0 Å². The monoisotopic (exact) mass is 152 g/mol.